The molecule has 1 saturated carbocycles. The van der Waals surface area contributed by atoms with Crippen LogP contribution in [0.3, 0.4) is 0 Å². The number of ketones is 2. The van der Waals surface area contributed by atoms with Crippen molar-refractivity contribution in [3.05, 3.63) is 140 Å². The van der Waals surface area contributed by atoms with Gasteiger partial charge >= 0.3 is 0 Å². The molecule has 8 heteroatoms. The highest BCUT2D eigenvalue weighted by atomic mass is 16.2. The lowest BCUT2D eigenvalue weighted by Gasteiger charge is -2.25. The van der Waals surface area contributed by atoms with Crippen molar-refractivity contribution in [3.8, 4) is 0 Å². The first kappa shape index (κ1) is 33.8. The number of hydrogen-bond acceptors (Lipinski definition) is 6. The second-order valence-corrected chi connectivity index (χ2v) is 15.0. The van der Waals surface area contributed by atoms with Crippen LogP contribution in [0, 0.1) is 0 Å². The lowest BCUT2D eigenvalue weighted by Crippen LogP contribution is -2.30. The molecule has 8 nitrogen and oxygen atoms in total. The molecule has 4 aromatic carbocycles. The van der Waals surface area contributed by atoms with Crippen molar-refractivity contribution in [2.45, 2.75) is 77.0 Å². The number of amides is 2. The van der Waals surface area contributed by atoms with Gasteiger partial charge in [-0.05, 0) is 120 Å². The fourth-order valence-electron chi connectivity index (χ4n) is 8.70. The summed E-state index contributed by atoms with van der Waals surface area (Å²) in [6.45, 7) is 4.11. The predicted molar refractivity (Wildman–Crippen MR) is 211 cm³/mol. The minimum absolute atomic E-state index is 0.00326. The lowest BCUT2D eigenvalue weighted by atomic mass is 9.83. The van der Waals surface area contributed by atoms with E-state index in [1.54, 1.807) is 30.3 Å². The Morgan fingerprint density at radius 1 is 0.815 bits per heavy atom. The summed E-state index contributed by atoms with van der Waals surface area (Å²) in [5, 5.41) is 1.49. The number of imide groups is 1. The number of benzene rings is 4. The summed E-state index contributed by atoms with van der Waals surface area (Å²) in [4.78, 5) is 78.0. The first-order chi connectivity index (χ1) is 26.2. The zero-order valence-electron chi connectivity index (χ0n) is 30.3. The van der Waals surface area contributed by atoms with Crippen LogP contribution in [0.4, 0.5) is 5.69 Å². The number of hydrogen-bond donors (Lipinski definition) is 1. The molecule has 3 aliphatic carbocycles. The number of carbonyl (C=O) groups excluding carboxylic acids is 4. The first-order valence-electron chi connectivity index (χ1n) is 19.0. The molecule has 4 aliphatic rings. The van der Waals surface area contributed by atoms with Crippen LogP contribution in [-0.4, -0.2) is 33.3 Å². The highest BCUT2D eigenvalue weighted by molar-refractivity contribution is 6.36. The maximum absolute atomic E-state index is 14.2. The summed E-state index contributed by atoms with van der Waals surface area (Å²) in [5.74, 6) is -2.64. The molecule has 1 N–H and O–H groups in total. The Kier molecular flexibility index (Phi) is 8.22. The molecular weight excluding hydrogens is 675 g/mol. The van der Waals surface area contributed by atoms with Crippen LogP contribution >= 0.6 is 0 Å². The summed E-state index contributed by atoms with van der Waals surface area (Å²) >= 11 is 0. The summed E-state index contributed by atoms with van der Waals surface area (Å²) < 4.78 is 0. The first-order valence-corrected chi connectivity index (χ1v) is 19.0. The Labute approximate surface area is 312 Å². The fourth-order valence-corrected chi connectivity index (χ4v) is 8.70. The molecule has 0 spiro atoms. The predicted octanol–water partition coefficient (Wildman–Crippen LogP) is 9.63. The van der Waals surface area contributed by atoms with Gasteiger partial charge in [0.2, 0.25) is 0 Å². The molecule has 0 atom stereocenters. The molecule has 1 fully saturated rings. The molecule has 5 aromatic rings. The SMILES string of the molecule is CCC/C=C(/C)c1ccc2c(=O)[nH]c(C3C(=O)c4cc5cc6c(cc5cc4C3=O)C(=O)N(c3ccc(C4CCCCC4)cc3C3=CC=CC3)C6=O)nc2c1. The Bertz CT molecular complexity index is 2580. The van der Waals surface area contributed by atoms with Crippen molar-refractivity contribution in [1.29, 1.82) is 0 Å². The van der Waals surface area contributed by atoms with Gasteiger partial charge in [0.25, 0.3) is 17.4 Å². The number of rotatable bonds is 7. The van der Waals surface area contributed by atoms with E-state index in [1.807, 2.05) is 37.3 Å². The monoisotopic (exact) mass is 713 g/mol. The third-order valence-electron chi connectivity index (χ3n) is 11.7. The number of anilines is 1. The summed E-state index contributed by atoms with van der Waals surface area (Å²) in [7, 11) is 0. The van der Waals surface area contributed by atoms with Crippen LogP contribution < -0.4 is 10.5 Å². The molecule has 1 aliphatic heterocycles. The number of nitrogens with zero attached hydrogens (tertiary/aromatic N) is 2. The average Bonchev–Trinajstić information content (AvgIpc) is 3.88. The second kappa shape index (κ2) is 13.1. The smallest absolute Gasteiger partial charge is 0.266 e. The molecule has 268 valence electrons. The summed E-state index contributed by atoms with van der Waals surface area (Å²) in [6, 6.07) is 18.1. The molecule has 2 heterocycles. The van der Waals surface area contributed by atoms with Crippen molar-refractivity contribution in [2.24, 2.45) is 0 Å². The van der Waals surface area contributed by atoms with E-state index in [0.717, 1.165) is 54.4 Å². The van der Waals surface area contributed by atoms with Crippen LogP contribution in [0.25, 0.3) is 32.8 Å². The van der Waals surface area contributed by atoms with Gasteiger partial charge in [0, 0.05) is 16.7 Å². The number of carbonyl (C=O) groups is 4. The Hall–Kier alpha value is -6.02. The summed E-state index contributed by atoms with van der Waals surface area (Å²) in [6.07, 6.45) is 16.9. The van der Waals surface area contributed by atoms with E-state index in [9.17, 15) is 24.0 Å². The van der Waals surface area contributed by atoms with E-state index in [0.29, 0.717) is 33.3 Å². The largest absolute Gasteiger partial charge is 0.309 e. The Morgan fingerprint density at radius 2 is 1.50 bits per heavy atom. The van der Waals surface area contributed by atoms with Crippen LogP contribution in [0.15, 0.2) is 89.8 Å². The number of aromatic amines is 1. The molecule has 0 radical (unpaired) electrons. The zero-order valence-corrected chi connectivity index (χ0v) is 30.3. The maximum atomic E-state index is 14.2. The number of aromatic nitrogens is 2. The van der Waals surface area contributed by atoms with E-state index in [4.69, 9.17) is 0 Å². The van der Waals surface area contributed by atoms with E-state index < -0.39 is 34.9 Å². The third kappa shape index (κ3) is 5.42. The Morgan fingerprint density at radius 3 is 2.15 bits per heavy atom. The number of fused-ring (bicyclic) bond motifs is 4. The van der Waals surface area contributed by atoms with Gasteiger partial charge in [-0.2, -0.15) is 0 Å². The van der Waals surface area contributed by atoms with Gasteiger partial charge in [0.05, 0.1) is 27.7 Å². The van der Waals surface area contributed by atoms with Gasteiger partial charge in [-0.3, -0.25) is 24.0 Å². The standard InChI is InChI=1S/C46H39N3O5/c1-3-4-10-25(2)28-15-17-32-38(24-28)47-43(48-44(32)52)40-41(50)34-20-30-22-36-37(23-31(30)21-35(34)42(40)51)46(54)49(45(36)53)39-18-16-29(26-11-6-5-7-12-26)19-33(39)27-13-8-9-14-27/h8-10,13,15-24,26,40H,3-7,11-12,14H2,1-2H3,(H,47,48,52)/b25-10-. The van der Waals surface area contributed by atoms with E-state index in [-0.39, 0.29) is 28.1 Å². The van der Waals surface area contributed by atoms with Crippen LogP contribution in [0.2, 0.25) is 0 Å². The van der Waals surface area contributed by atoms with Gasteiger partial charge in [-0.25, -0.2) is 9.88 Å². The number of unbranched alkanes of at least 4 members (excludes halogenated alkanes) is 1. The quantitative estimate of drug-likeness (QED) is 0.133. The topological polar surface area (TPSA) is 117 Å². The average molecular weight is 714 g/mol. The molecule has 0 unspecified atom stereocenters. The molecule has 1 aromatic heterocycles. The number of Topliss-reactive ketones (excluding diaryl/α,β-unsaturated/α-hetero) is 2. The second-order valence-electron chi connectivity index (χ2n) is 15.0. The molecule has 54 heavy (non-hydrogen) atoms. The normalized spacial score (nSPS) is 17.7. The number of H-pyrrole nitrogens is 1. The molecule has 9 rings (SSSR count). The molecule has 2 amide bonds. The van der Waals surface area contributed by atoms with Crippen molar-refractivity contribution in [2.75, 3.05) is 4.90 Å². The van der Waals surface area contributed by atoms with Crippen molar-refractivity contribution >= 4 is 61.9 Å². The van der Waals surface area contributed by atoms with E-state index >= 15 is 0 Å². The summed E-state index contributed by atoms with van der Waals surface area (Å²) in [5.41, 5.74) is 6.60. The van der Waals surface area contributed by atoms with E-state index in [2.05, 4.69) is 41.2 Å². The van der Waals surface area contributed by atoms with E-state index in [1.165, 1.54) is 29.7 Å². The fraction of sp³-hybridized carbons (Fsp3) is 0.261. The van der Waals surface area contributed by atoms with Crippen LogP contribution in [0.5, 0.6) is 0 Å². The highest BCUT2D eigenvalue weighted by Gasteiger charge is 2.43. The Balaban J connectivity index is 1.06. The molecule has 0 saturated heterocycles. The van der Waals surface area contributed by atoms with Gasteiger partial charge < -0.3 is 4.98 Å². The van der Waals surface area contributed by atoms with Gasteiger partial charge in [-0.1, -0.05) is 69.0 Å². The molecular formula is C46H39N3O5. The number of nitrogens with one attached hydrogen (secondary N) is 1. The lowest BCUT2D eigenvalue weighted by molar-refractivity contribution is 0.0880. The highest BCUT2D eigenvalue weighted by Crippen LogP contribution is 2.42. The third-order valence-corrected chi connectivity index (χ3v) is 11.7. The zero-order chi connectivity index (χ0) is 37.2. The van der Waals surface area contributed by atoms with Crippen LogP contribution in [-0.2, 0) is 0 Å². The maximum Gasteiger partial charge on any atom is 0.266 e. The van der Waals surface area contributed by atoms with Crippen LogP contribution in [0.1, 0.15) is 141 Å². The van der Waals surface area contributed by atoms with Crippen molar-refractivity contribution in [3.63, 3.8) is 0 Å². The van der Waals surface area contributed by atoms with Gasteiger partial charge in [0.1, 0.15) is 11.7 Å². The van der Waals surface area contributed by atoms with Gasteiger partial charge in [-0.15, -0.1) is 0 Å². The minimum atomic E-state index is -1.31. The molecule has 0 bridgehead atoms. The van der Waals surface area contributed by atoms with Crippen molar-refractivity contribution < 1.29 is 19.2 Å². The number of allylic oxidation sites excluding steroid dienone is 6. The van der Waals surface area contributed by atoms with Crippen molar-refractivity contribution in [1.82, 2.24) is 9.97 Å². The van der Waals surface area contributed by atoms with Gasteiger partial charge in [0.15, 0.2) is 11.6 Å². The minimum Gasteiger partial charge on any atom is -0.309 e.